The summed E-state index contributed by atoms with van der Waals surface area (Å²) < 4.78 is 0. The van der Waals surface area contributed by atoms with Crippen LogP contribution in [0.4, 0.5) is 0 Å². The average molecular weight is 176 g/mol. The molecule has 0 spiro atoms. The van der Waals surface area contributed by atoms with Crippen molar-refractivity contribution in [2.45, 2.75) is 12.5 Å². The van der Waals surface area contributed by atoms with Crippen LogP contribution in [0.15, 0.2) is 0 Å². The van der Waals surface area contributed by atoms with E-state index in [1.165, 1.54) is 0 Å². The first-order chi connectivity index (χ1) is 3.70. The molecule has 0 saturated carbocycles. The van der Waals surface area contributed by atoms with Gasteiger partial charge in [-0.2, -0.15) is 0 Å². The first kappa shape index (κ1) is 13.0. The molecule has 2 amide bonds. The summed E-state index contributed by atoms with van der Waals surface area (Å²) in [5, 5.41) is 10.5. The number of nitrogens with one attached hydrogen (secondary N) is 1. The van der Waals surface area contributed by atoms with Crippen molar-refractivity contribution in [3.63, 3.8) is 0 Å². The van der Waals surface area contributed by atoms with Crippen molar-refractivity contribution in [1.82, 2.24) is 5.32 Å². The molecule has 1 aliphatic heterocycles. The maximum Gasteiger partial charge on any atom is 1.00 e. The fourth-order valence-electron chi connectivity index (χ4n) is 0.540. The Morgan fingerprint density at radius 1 is 1.60 bits per heavy atom. The Morgan fingerprint density at radius 2 is 2.10 bits per heavy atom. The number of amides is 2. The maximum atomic E-state index is 10.2. The van der Waals surface area contributed by atoms with Gasteiger partial charge in [0, 0.05) is 0 Å². The summed E-state index contributed by atoms with van der Waals surface area (Å²) >= 11 is 0. The van der Waals surface area contributed by atoms with E-state index in [-0.39, 0.29) is 49.8 Å². The van der Waals surface area contributed by atoms with Gasteiger partial charge in [-0.05, 0) is 0 Å². The van der Waals surface area contributed by atoms with Crippen LogP contribution in [0.1, 0.15) is 7.85 Å². The zero-order valence-corrected chi connectivity index (χ0v) is 8.27. The minimum atomic E-state index is -1.11. The number of carbonyl (C=O) groups excluding carboxylic acids is 2. The van der Waals surface area contributed by atoms with Crippen LogP contribution in [0.2, 0.25) is 0 Å². The largest absolute Gasteiger partial charge is 1.00 e. The second-order valence-electron chi connectivity index (χ2n) is 1.63. The molecule has 0 radical (unpaired) electrons. The van der Waals surface area contributed by atoms with Crippen LogP contribution in [-0.2, 0) is 9.59 Å². The average Bonchev–Trinajstić information content (AvgIpc) is 1.85. The topological polar surface area (TPSA) is 66.4 Å². The molecule has 0 aliphatic carbocycles. The third kappa shape index (κ3) is 2.98. The molecule has 0 aromatic rings. The van der Waals surface area contributed by atoms with E-state index in [1.54, 1.807) is 0 Å². The van der Waals surface area contributed by atoms with Gasteiger partial charge in [0.2, 0.25) is 5.91 Å². The summed E-state index contributed by atoms with van der Waals surface area (Å²) in [6, 6.07) is 0. The summed E-state index contributed by atoms with van der Waals surface area (Å²) in [6.07, 6.45) is -1.19. The van der Waals surface area contributed by atoms with E-state index in [0.29, 0.717) is 0 Å². The molecule has 4 nitrogen and oxygen atoms in total. The van der Waals surface area contributed by atoms with E-state index < -0.39 is 17.9 Å². The Morgan fingerprint density at radius 3 is 2.20 bits per heavy atom. The molecule has 1 unspecified atom stereocenters. The SMILES string of the molecule is Cl.O=C1CC(O)C(=O)N1.[H-].[Na+]. The second kappa shape index (κ2) is 5.09. The number of imide groups is 1. The van der Waals surface area contributed by atoms with Crippen molar-refractivity contribution in [2.24, 2.45) is 0 Å². The van der Waals surface area contributed by atoms with E-state index in [1.807, 2.05) is 5.32 Å². The molecule has 0 bridgehead atoms. The van der Waals surface area contributed by atoms with Gasteiger partial charge in [-0.1, -0.05) is 0 Å². The first-order valence-corrected chi connectivity index (χ1v) is 2.22. The van der Waals surface area contributed by atoms with Gasteiger partial charge in [0.1, 0.15) is 6.10 Å². The van der Waals surface area contributed by atoms with Gasteiger partial charge in [0.05, 0.1) is 6.42 Å². The molecule has 1 saturated heterocycles. The summed E-state index contributed by atoms with van der Waals surface area (Å²) in [7, 11) is 0. The van der Waals surface area contributed by atoms with Crippen LogP contribution in [0.25, 0.3) is 0 Å². The summed E-state index contributed by atoms with van der Waals surface area (Å²) in [5.41, 5.74) is 0. The molecule has 10 heavy (non-hydrogen) atoms. The van der Waals surface area contributed by atoms with Crippen LogP contribution in [-0.4, -0.2) is 23.0 Å². The minimum Gasteiger partial charge on any atom is -1.00 e. The van der Waals surface area contributed by atoms with Gasteiger partial charge < -0.3 is 6.53 Å². The van der Waals surface area contributed by atoms with Crippen LogP contribution in [0.3, 0.4) is 0 Å². The second-order valence-corrected chi connectivity index (χ2v) is 1.63. The molecule has 0 aromatic heterocycles. The molecule has 1 atom stereocenters. The van der Waals surface area contributed by atoms with Crippen LogP contribution in [0, 0.1) is 0 Å². The Labute approximate surface area is 87.5 Å². The van der Waals surface area contributed by atoms with Gasteiger partial charge in [0.15, 0.2) is 0 Å². The number of hydrogen-bond donors (Lipinski definition) is 2. The Balaban J connectivity index is -0.000000213. The Bertz CT molecular complexity index is 156. The van der Waals surface area contributed by atoms with Crippen LogP contribution in [0.5, 0.6) is 0 Å². The van der Waals surface area contributed by atoms with Crippen molar-refractivity contribution < 1.29 is 45.7 Å². The van der Waals surface area contributed by atoms with Crippen molar-refractivity contribution in [3.05, 3.63) is 0 Å². The predicted octanol–water partition coefficient (Wildman–Crippen LogP) is -4.07. The van der Waals surface area contributed by atoms with Gasteiger partial charge in [-0.25, -0.2) is 0 Å². The van der Waals surface area contributed by atoms with Gasteiger partial charge in [-0.3, -0.25) is 14.9 Å². The minimum absolute atomic E-state index is 0. The number of halogens is 1. The molecule has 0 aromatic carbocycles. The molecule has 2 N–H and O–H groups in total. The Kier molecular flexibility index (Phi) is 6.63. The number of aliphatic hydroxyl groups excluding tert-OH is 1. The molecule has 1 aliphatic rings. The van der Waals surface area contributed by atoms with Crippen LogP contribution < -0.4 is 34.9 Å². The standard InChI is InChI=1S/C4H5NO3.ClH.Na.H/c6-2-1-3(7)5-4(2)8;;;/h2,6H,1H2,(H,5,7,8);1H;;/q;;+1;-1. The molecule has 6 heteroatoms. The summed E-state index contributed by atoms with van der Waals surface area (Å²) in [4.78, 5) is 20.4. The third-order valence-electron chi connectivity index (χ3n) is 0.944. The molecule has 1 rings (SSSR count). The fraction of sp³-hybridized carbons (Fsp3) is 0.500. The number of hydrogen-bond acceptors (Lipinski definition) is 3. The zero-order chi connectivity index (χ0) is 6.15. The van der Waals surface area contributed by atoms with E-state index in [0.717, 1.165) is 0 Å². The quantitative estimate of drug-likeness (QED) is 0.291. The maximum absolute atomic E-state index is 10.2. The Hall–Kier alpha value is 0.390. The van der Waals surface area contributed by atoms with Gasteiger partial charge in [-0.15, -0.1) is 12.4 Å². The third-order valence-corrected chi connectivity index (χ3v) is 0.944. The predicted molar refractivity (Wildman–Crippen MR) is 32.1 cm³/mol. The molecular formula is C4H7ClNNaO3. The smallest absolute Gasteiger partial charge is 1.00 e. The van der Waals surface area contributed by atoms with E-state index in [9.17, 15) is 9.59 Å². The molecular weight excluding hydrogens is 168 g/mol. The van der Waals surface area contributed by atoms with E-state index in [2.05, 4.69) is 0 Å². The number of rotatable bonds is 0. The first-order valence-electron chi connectivity index (χ1n) is 2.22. The summed E-state index contributed by atoms with van der Waals surface area (Å²) in [5.74, 6) is -0.988. The zero-order valence-electron chi connectivity index (χ0n) is 6.46. The van der Waals surface area contributed by atoms with Crippen molar-refractivity contribution in [3.8, 4) is 0 Å². The van der Waals surface area contributed by atoms with Crippen molar-refractivity contribution in [1.29, 1.82) is 0 Å². The molecule has 1 heterocycles. The van der Waals surface area contributed by atoms with E-state index in [4.69, 9.17) is 5.11 Å². The normalized spacial score (nSPS) is 22.7. The van der Waals surface area contributed by atoms with Crippen molar-refractivity contribution in [2.75, 3.05) is 0 Å². The van der Waals surface area contributed by atoms with Crippen molar-refractivity contribution >= 4 is 24.2 Å². The fourth-order valence-corrected chi connectivity index (χ4v) is 0.540. The molecule has 1 fully saturated rings. The number of carbonyl (C=O) groups is 2. The van der Waals surface area contributed by atoms with E-state index >= 15 is 0 Å². The van der Waals surface area contributed by atoms with Gasteiger partial charge in [0.25, 0.3) is 5.91 Å². The van der Waals surface area contributed by atoms with Gasteiger partial charge >= 0.3 is 29.6 Å². The summed E-state index contributed by atoms with van der Waals surface area (Å²) in [6.45, 7) is 0. The monoisotopic (exact) mass is 175 g/mol. The van der Waals surface area contributed by atoms with Crippen LogP contribution >= 0.6 is 12.4 Å². The number of aliphatic hydroxyl groups is 1. The molecule has 54 valence electrons.